The SMILES string of the molecule is NC(=O)c1nn(CC(=O)N2[C@@H]3CC[C@@H](C3)[C@H]2C(=O)Nc2cccc(Cl)n2)c2ccc(N3CCCC3)cc12. The molecule has 3 atom stereocenters. The predicted molar refractivity (Wildman–Crippen MR) is 139 cm³/mol. The third-order valence-corrected chi connectivity index (χ3v) is 8.04. The van der Waals surface area contributed by atoms with Gasteiger partial charge in [-0.1, -0.05) is 17.7 Å². The molecule has 0 unspecified atom stereocenters. The number of amides is 3. The highest BCUT2D eigenvalue weighted by Crippen LogP contribution is 2.43. The maximum Gasteiger partial charge on any atom is 0.269 e. The zero-order chi connectivity index (χ0) is 25.7. The molecule has 3 N–H and O–H groups in total. The second kappa shape index (κ2) is 9.33. The molecule has 0 radical (unpaired) electrons. The van der Waals surface area contributed by atoms with Crippen molar-refractivity contribution >= 4 is 51.7 Å². The lowest BCUT2D eigenvalue weighted by Crippen LogP contribution is -2.52. The number of pyridine rings is 1. The Kier molecular flexibility index (Phi) is 5.98. The molecule has 1 aromatic carbocycles. The first kappa shape index (κ1) is 23.7. The third-order valence-electron chi connectivity index (χ3n) is 7.83. The van der Waals surface area contributed by atoms with Gasteiger partial charge in [0, 0.05) is 30.2 Å². The maximum atomic E-state index is 13.6. The number of fused-ring (bicyclic) bond motifs is 3. The normalized spacial score (nSPS) is 22.7. The largest absolute Gasteiger partial charge is 0.372 e. The van der Waals surface area contributed by atoms with Gasteiger partial charge in [-0.2, -0.15) is 5.10 Å². The Bertz CT molecular complexity index is 1400. The Morgan fingerprint density at radius 1 is 1.11 bits per heavy atom. The van der Waals surface area contributed by atoms with Crippen molar-refractivity contribution in [2.45, 2.75) is 50.7 Å². The molecule has 3 amide bonds. The second-order valence-electron chi connectivity index (χ2n) is 10.1. The molecule has 0 spiro atoms. The highest BCUT2D eigenvalue weighted by molar-refractivity contribution is 6.29. The standard InChI is InChI=1S/C26H28ClN7O3/c27-20-4-3-5-21(29-20)30-26(37)24-15-6-7-17(12-15)34(24)22(35)14-33-19-9-8-16(32-10-1-2-11-32)13-18(19)23(31-33)25(28)36/h3-5,8-9,13,15,17,24H,1-2,6-7,10-12,14H2,(H2,28,36)(H,29,30,37)/t15-,17+,24-/m0/s1. The summed E-state index contributed by atoms with van der Waals surface area (Å²) in [6.07, 6.45) is 4.81. The molecule has 6 rings (SSSR count). The van der Waals surface area contributed by atoms with Gasteiger partial charge < -0.3 is 20.9 Å². The van der Waals surface area contributed by atoms with Gasteiger partial charge in [0.2, 0.25) is 11.8 Å². The van der Waals surface area contributed by atoms with E-state index in [2.05, 4.69) is 20.3 Å². The lowest BCUT2D eigenvalue weighted by Gasteiger charge is -2.34. The smallest absolute Gasteiger partial charge is 0.269 e. The van der Waals surface area contributed by atoms with Crippen molar-refractivity contribution in [1.82, 2.24) is 19.7 Å². The molecule has 11 heteroatoms. The van der Waals surface area contributed by atoms with E-state index in [-0.39, 0.29) is 41.2 Å². The Morgan fingerprint density at radius 2 is 1.92 bits per heavy atom. The highest BCUT2D eigenvalue weighted by Gasteiger charge is 2.51. The number of likely N-dealkylation sites (tertiary alicyclic amines) is 1. The minimum Gasteiger partial charge on any atom is -0.372 e. The topological polar surface area (TPSA) is 126 Å². The van der Waals surface area contributed by atoms with Gasteiger partial charge in [0.05, 0.1) is 5.52 Å². The van der Waals surface area contributed by atoms with Crippen LogP contribution < -0.4 is 16.0 Å². The summed E-state index contributed by atoms with van der Waals surface area (Å²) < 4.78 is 1.53. The monoisotopic (exact) mass is 521 g/mol. The summed E-state index contributed by atoms with van der Waals surface area (Å²) >= 11 is 5.97. The van der Waals surface area contributed by atoms with E-state index in [0.29, 0.717) is 16.7 Å². The third kappa shape index (κ3) is 4.29. The van der Waals surface area contributed by atoms with E-state index in [4.69, 9.17) is 17.3 Å². The van der Waals surface area contributed by atoms with E-state index >= 15 is 0 Å². The molecule has 3 aliphatic rings. The number of benzene rings is 1. The Morgan fingerprint density at radius 3 is 2.68 bits per heavy atom. The molecule has 2 aliphatic heterocycles. The maximum absolute atomic E-state index is 13.6. The van der Waals surface area contributed by atoms with E-state index in [9.17, 15) is 14.4 Å². The average Bonchev–Trinajstić information content (AvgIpc) is 3.67. The first-order valence-electron chi connectivity index (χ1n) is 12.7. The minimum absolute atomic E-state index is 0.000206. The summed E-state index contributed by atoms with van der Waals surface area (Å²) in [4.78, 5) is 47.2. The van der Waals surface area contributed by atoms with Crippen molar-refractivity contribution in [2.24, 2.45) is 11.7 Å². The van der Waals surface area contributed by atoms with Crippen LogP contribution >= 0.6 is 11.6 Å². The van der Waals surface area contributed by atoms with Crippen LogP contribution in [0, 0.1) is 5.92 Å². The number of halogens is 1. The van der Waals surface area contributed by atoms with Crippen LogP contribution in [0.3, 0.4) is 0 Å². The second-order valence-corrected chi connectivity index (χ2v) is 10.5. The molecule has 3 fully saturated rings. The number of nitrogens with one attached hydrogen (secondary N) is 1. The van der Waals surface area contributed by atoms with Crippen molar-refractivity contribution in [3.63, 3.8) is 0 Å². The molecule has 2 saturated heterocycles. The zero-order valence-corrected chi connectivity index (χ0v) is 21.0. The van der Waals surface area contributed by atoms with Crippen LogP contribution in [-0.4, -0.2) is 62.6 Å². The molecule has 37 heavy (non-hydrogen) atoms. The van der Waals surface area contributed by atoms with Gasteiger partial charge in [-0.3, -0.25) is 19.1 Å². The zero-order valence-electron chi connectivity index (χ0n) is 20.3. The first-order valence-corrected chi connectivity index (χ1v) is 13.1. The number of primary amides is 1. The number of nitrogens with two attached hydrogens (primary N) is 1. The van der Waals surface area contributed by atoms with Gasteiger partial charge in [-0.05, 0) is 68.4 Å². The molecule has 2 bridgehead atoms. The average molecular weight is 522 g/mol. The number of hydrogen-bond donors (Lipinski definition) is 2. The van der Waals surface area contributed by atoms with Crippen molar-refractivity contribution in [1.29, 1.82) is 0 Å². The Hall–Kier alpha value is -3.66. The number of hydrogen-bond acceptors (Lipinski definition) is 6. The van der Waals surface area contributed by atoms with Crippen LogP contribution in [0.1, 0.15) is 42.6 Å². The van der Waals surface area contributed by atoms with Crippen molar-refractivity contribution in [2.75, 3.05) is 23.3 Å². The van der Waals surface area contributed by atoms with E-state index in [1.165, 1.54) is 4.68 Å². The molecule has 1 aliphatic carbocycles. The summed E-state index contributed by atoms with van der Waals surface area (Å²) in [5.41, 5.74) is 7.48. The quantitative estimate of drug-likeness (QED) is 0.480. The molecule has 4 heterocycles. The van der Waals surface area contributed by atoms with Crippen molar-refractivity contribution in [3.8, 4) is 0 Å². The van der Waals surface area contributed by atoms with Gasteiger partial charge in [0.25, 0.3) is 5.91 Å². The number of carbonyl (C=O) groups is 3. The molecular formula is C26H28ClN7O3. The Balaban J connectivity index is 1.27. The first-order chi connectivity index (χ1) is 17.9. The molecule has 3 aromatic rings. The van der Waals surface area contributed by atoms with Crippen LogP contribution in [-0.2, 0) is 16.1 Å². The van der Waals surface area contributed by atoms with Gasteiger partial charge in [0.1, 0.15) is 23.6 Å². The van der Waals surface area contributed by atoms with Crippen LogP contribution in [0.4, 0.5) is 11.5 Å². The van der Waals surface area contributed by atoms with Crippen LogP contribution in [0.15, 0.2) is 36.4 Å². The molecule has 10 nitrogen and oxygen atoms in total. The van der Waals surface area contributed by atoms with Gasteiger partial charge in [-0.25, -0.2) is 4.98 Å². The summed E-state index contributed by atoms with van der Waals surface area (Å²) in [6.45, 7) is 1.85. The van der Waals surface area contributed by atoms with Gasteiger partial charge in [-0.15, -0.1) is 0 Å². The van der Waals surface area contributed by atoms with Crippen LogP contribution in [0.25, 0.3) is 10.9 Å². The van der Waals surface area contributed by atoms with Gasteiger partial charge in [0.15, 0.2) is 5.69 Å². The lowest BCUT2D eigenvalue weighted by atomic mass is 9.97. The molecule has 192 valence electrons. The van der Waals surface area contributed by atoms with Crippen molar-refractivity contribution < 1.29 is 14.4 Å². The molecular weight excluding hydrogens is 494 g/mol. The van der Waals surface area contributed by atoms with E-state index in [1.54, 1.807) is 23.1 Å². The number of nitrogens with zero attached hydrogens (tertiary/aromatic N) is 5. The van der Waals surface area contributed by atoms with E-state index in [1.807, 2.05) is 18.2 Å². The lowest BCUT2D eigenvalue weighted by molar-refractivity contribution is -0.141. The summed E-state index contributed by atoms with van der Waals surface area (Å²) in [7, 11) is 0. The fourth-order valence-corrected chi connectivity index (χ4v) is 6.38. The predicted octanol–water partition coefficient (Wildman–Crippen LogP) is 2.80. The summed E-state index contributed by atoms with van der Waals surface area (Å²) in [5.74, 6) is -0.678. The van der Waals surface area contributed by atoms with Crippen LogP contribution in [0.5, 0.6) is 0 Å². The van der Waals surface area contributed by atoms with Crippen molar-refractivity contribution in [3.05, 3.63) is 47.2 Å². The number of carbonyl (C=O) groups excluding carboxylic acids is 3. The van der Waals surface area contributed by atoms with Crippen LogP contribution in [0.2, 0.25) is 5.15 Å². The Labute approximate surface area is 218 Å². The fourth-order valence-electron chi connectivity index (χ4n) is 6.21. The minimum atomic E-state index is -0.638. The van der Waals surface area contributed by atoms with E-state index in [0.717, 1.165) is 50.9 Å². The number of piperidine rings is 1. The number of rotatable bonds is 6. The van der Waals surface area contributed by atoms with Gasteiger partial charge >= 0.3 is 0 Å². The summed E-state index contributed by atoms with van der Waals surface area (Å²) in [5, 5.41) is 8.16. The number of aromatic nitrogens is 3. The molecule has 1 saturated carbocycles. The molecule has 2 aromatic heterocycles. The summed E-state index contributed by atoms with van der Waals surface area (Å²) in [6, 6.07) is 10.2. The van der Waals surface area contributed by atoms with E-state index < -0.39 is 11.9 Å². The number of anilines is 2. The fraction of sp³-hybridized carbons (Fsp3) is 0.423. The highest BCUT2D eigenvalue weighted by atomic mass is 35.5.